The quantitative estimate of drug-likeness (QED) is 0.586. The predicted octanol–water partition coefficient (Wildman–Crippen LogP) is 5.36. The van der Waals surface area contributed by atoms with Crippen LogP contribution in [-0.2, 0) is 6.42 Å². The van der Waals surface area contributed by atoms with E-state index in [4.69, 9.17) is 11.6 Å². The van der Waals surface area contributed by atoms with Gasteiger partial charge in [0.1, 0.15) is 0 Å². The SMILES string of the molecule is CCCc1ccc(C(Cl)CCC(C)C)cc1. The fraction of sp³-hybridized carbons (Fsp3) is 0.600. The van der Waals surface area contributed by atoms with E-state index < -0.39 is 0 Å². The topological polar surface area (TPSA) is 0 Å². The molecule has 0 saturated carbocycles. The van der Waals surface area contributed by atoms with E-state index in [2.05, 4.69) is 45.0 Å². The maximum Gasteiger partial charge on any atom is 0.0585 e. The molecule has 1 unspecified atom stereocenters. The zero-order valence-electron chi connectivity index (χ0n) is 10.7. The smallest absolute Gasteiger partial charge is 0.0585 e. The Labute approximate surface area is 105 Å². The molecule has 1 aromatic carbocycles. The molecule has 0 aliphatic rings. The Kier molecular flexibility index (Phi) is 5.90. The third kappa shape index (κ3) is 4.57. The van der Waals surface area contributed by atoms with E-state index in [1.807, 2.05) is 0 Å². The summed E-state index contributed by atoms with van der Waals surface area (Å²) in [5, 5.41) is 0.179. The van der Waals surface area contributed by atoms with Crippen LogP contribution in [0.3, 0.4) is 0 Å². The number of rotatable bonds is 6. The number of aryl methyl sites for hydroxylation is 1. The second-order valence-electron chi connectivity index (χ2n) is 4.93. The van der Waals surface area contributed by atoms with Crippen molar-refractivity contribution in [2.45, 2.75) is 51.8 Å². The molecule has 0 heterocycles. The molecule has 0 radical (unpaired) electrons. The summed E-state index contributed by atoms with van der Waals surface area (Å²) in [6, 6.07) is 8.79. The summed E-state index contributed by atoms with van der Waals surface area (Å²) in [6.07, 6.45) is 4.65. The van der Waals surface area contributed by atoms with Gasteiger partial charge in [-0.25, -0.2) is 0 Å². The average Bonchev–Trinajstić information content (AvgIpc) is 2.27. The van der Waals surface area contributed by atoms with Gasteiger partial charge in [-0.1, -0.05) is 51.5 Å². The molecule has 1 rings (SSSR count). The van der Waals surface area contributed by atoms with Crippen molar-refractivity contribution in [2.75, 3.05) is 0 Å². The van der Waals surface area contributed by atoms with Gasteiger partial charge in [0, 0.05) is 0 Å². The Morgan fingerprint density at radius 1 is 1.06 bits per heavy atom. The van der Waals surface area contributed by atoms with Gasteiger partial charge in [-0.3, -0.25) is 0 Å². The second kappa shape index (κ2) is 6.96. The summed E-state index contributed by atoms with van der Waals surface area (Å²) in [4.78, 5) is 0. The number of alkyl halides is 1. The van der Waals surface area contributed by atoms with Crippen LogP contribution in [-0.4, -0.2) is 0 Å². The minimum atomic E-state index is 0.179. The molecule has 1 aromatic rings. The van der Waals surface area contributed by atoms with E-state index >= 15 is 0 Å². The number of benzene rings is 1. The first-order valence-electron chi connectivity index (χ1n) is 6.36. The Hall–Kier alpha value is -0.490. The normalized spacial score (nSPS) is 13.1. The highest BCUT2D eigenvalue weighted by Crippen LogP contribution is 2.27. The summed E-state index contributed by atoms with van der Waals surface area (Å²) in [7, 11) is 0. The van der Waals surface area contributed by atoms with E-state index in [0.29, 0.717) is 0 Å². The standard InChI is InChI=1S/C15H23Cl/c1-4-5-13-7-9-14(10-8-13)15(16)11-6-12(2)3/h7-10,12,15H,4-6,11H2,1-3H3. The van der Waals surface area contributed by atoms with Gasteiger partial charge < -0.3 is 0 Å². The summed E-state index contributed by atoms with van der Waals surface area (Å²) in [6.45, 7) is 6.70. The largest absolute Gasteiger partial charge is 0.118 e. The van der Waals surface area contributed by atoms with Crippen LogP contribution in [0.5, 0.6) is 0 Å². The molecule has 0 aromatic heterocycles. The highest BCUT2D eigenvalue weighted by molar-refractivity contribution is 6.20. The molecule has 0 N–H and O–H groups in total. The second-order valence-corrected chi connectivity index (χ2v) is 5.46. The molecule has 0 aliphatic heterocycles. The molecular weight excluding hydrogens is 216 g/mol. The van der Waals surface area contributed by atoms with Crippen molar-refractivity contribution in [1.29, 1.82) is 0 Å². The summed E-state index contributed by atoms with van der Waals surface area (Å²) in [5.41, 5.74) is 2.68. The van der Waals surface area contributed by atoms with Gasteiger partial charge in [0.15, 0.2) is 0 Å². The third-order valence-electron chi connectivity index (χ3n) is 2.88. The lowest BCUT2D eigenvalue weighted by molar-refractivity contribution is 0.549. The van der Waals surface area contributed by atoms with E-state index in [0.717, 1.165) is 12.3 Å². The van der Waals surface area contributed by atoms with Gasteiger partial charge in [0.05, 0.1) is 5.38 Å². The van der Waals surface area contributed by atoms with Crippen molar-refractivity contribution in [2.24, 2.45) is 5.92 Å². The summed E-state index contributed by atoms with van der Waals surface area (Å²) >= 11 is 6.38. The molecular formula is C15H23Cl. The van der Waals surface area contributed by atoms with Gasteiger partial charge >= 0.3 is 0 Å². The Balaban J connectivity index is 2.52. The molecule has 90 valence electrons. The average molecular weight is 239 g/mol. The Morgan fingerprint density at radius 2 is 1.69 bits per heavy atom. The number of halogens is 1. The zero-order chi connectivity index (χ0) is 12.0. The van der Waals surface area contributed by atoms with Crippen LogP contribution >= 0.6 is 11.6 Å². The van der Waals surface area contributed by atoms with Crippen molar-refractivity contribution in [3.05, 3.63) is 35.4 Å². The van der Waals surface area contributed by atoms with Crippen LogP contribution in [0.1, 0.15) is 56.5 Å². The Bertz CT molecular complexity index is 287. The summed E-state index contributed by atoms with van der Waals surface area (Å²) < 4.78 is 0. The van der Waals surface area contributed by atoms with E-state index in [1.54, 1.807) is 0 Å². The lowest BCUT2D eigenvalue weighted by Crippen LogP contribution is -1.95. The van der Waals surface area contributed by atoms with E-state index in [9.17, 15) is 0 Å². The lowest BCUT2D eigenvalue weighted by atomic mass is 10.0. The molecule has 0 amide bonds. The minimum absolute atomic E-state index is 0.179. The number of hydrogen-bond acceptors (Lipinski definition) is 0. The van der Waals surface area contributed by atoms with Crippen LogP contribution in [0.25, 0.3) is 0 Å². The van der Waals surface area contributed by atoms with E-state index in [1.165, 1.54) is 30.4 Å². The zero-order valence-corrected chi connectivity index (χ0v) is 11.4. The van der Waals surface area contributed by atoms with Crippen molar-refractivity contribution in [3.63, 3.8) is 0 Å². The molecule has 1 heteroatoms. The van der Waals surface area contributed by atoms with Crippen LogP contribution < -0.4 is 0 Å². The van der Waals surface area contributed by atoms with Crippen molar-refractivity contribution >= 4 is 11.6 Å². The van der Waals surface area contributed by atoms with Crippen LogP contribution in [0, 0.1) is 5.92 Å². The van der Waals surface area contributed by atoms with Crippen LogP contribution in [0.4, 0.5) is 0 Å². The number of hydrogen-bond donors (Lipinski definition) is 0. The van der Waals surface area contributed by atoms with Crippen LogP contribution in [0.2, 0.25) is 0 Å². The van der Waals surface area contributed by atoms with Gasteiger partial charge in [0.2, 0.25) is 0 Å². The molecule has 0 aliphatic carbocycles. The van der Waals surface area contributed by atoms with Crippen LogP contribution in [0.15, 0.2) is 24.3 Å². The molecule has 0 spiro atoms. The van der Waals surface area contributed by atoms with Crippen molar-refractivity contribution < 1.29 is 0 Å². The molecule has 16 heavy (non-hydrogen) atoms. The molecule has 0 bridgehead atoms. The highest BCUT2D eigenvalue weighted by Gasteiger charge is 2.08. The highest BCUT2D eigenvalue weighted by atomic mass is 35.5. The first-order chi connectivity index (χ1) is 7.63. The maximum atomic E-state index is 6.38. The summed E-state index contributed by atoms with van der Waals surface area (Å²) in [5.74, 6) is 0.737. The maximum absolute atomic E-state index is 6.38. The first kappa shape index (κ1) is 13.6. The van der Waals surface area contributed by atoms with E-state index in [-0.39, 0.29) is 5.38 Å². The monoisotopic (exact) mass is 238 g/mol. The fourth-order valence-corrected chi connectivity index (χ4v) is 2.10. The third-order valence-corrected chi connectivity index (χ3v) is 3.35. The fourth-order valence-electron chi connectivity index (χ4n) is 1.83. The Morgan fingerprint density at radius 3 is 2.19 bits per heavy atom. The van der Waals surface area contributed by atoms with Crippen molar-refractivity contribution in [3.8, 4) is 0 Å². The van der Waals surface area contributed by atoms with Crippen molar-refractivity contribution in [1.82, 2.24) is 0 Å². The molecule has 1 atom stereocenters. The van der Waals surface area contributed by atoms with Gasteiger partial charge in [-0.15, -0.1) is 11.6 Å². The lowest BCUT2D eigenvalue weighted by Gasteiger charge is -2.12. The minimum Gasteiger partial charge on any atom is -0.118 e. The predicted molar refractivity (Wildman–Crippen MR) is 73.1 cm³/mol. The van der Waals surface area contributed by atoms with Gasteiger partial charge in [-0.05, 0) is 36.3 Å². The van der Waals surface area contributed by atoms with Gasteiger partial charge in [0.25, 0.3) is 0 Å². The molecule has 0 fully saturated rings. The molecule has 0 nitrogen and oxygen atoms in total. The first-order valence-corrected chi connectivity index (χ1v) is 6.80. The van der Waals surface area contributed by atoms with Gasteiger partial charge in [-0.2, -0.15) is 0 Å². The molecule has 0 saturated heterocycles.